The lowest BCUT2D eigenvalue weighted by Crippen LogP contribution is -2.12. The summed E-state index contributed by atoms with van der Waals surface area (Å²) in [5.41, 5.74) is 3.53. The Kier molecular flexibility index (Phi) is 4.26. The zero-order valence-corrected chi connectivity index (χ0v) is 14.1. The average molecular weight is 331 g/mol. The topological polar surface area (TPSA) is 32.5 Å². The summed E-state index contributed by atoms with van der Waals surface area (Å²) in [6.45, 7) is 0. The van der Waals surface area contributed by atoms with Crippen molar-refractivity contribution in [2.75, 3.05) is 7.11 Å². The summed E-state index contributed by atoms with van der Waals surface area (Å²) in [6, 6.07) is 28.8. The summed E-state index contributed by atoms with van der Waals surface area (Å²) in [6.07, 6.45) is 0. The first kappa shape index (κ1) is 15.9. The lowest BCUT2D eigenvalue weighted by atomic mass is 9.86. The smallest absolute Gasteiger partial charge is 0.118 e. The molecule has 3 atom stereocenters. The monoisotopic (exact) mass is 331 g/mol. The van der Waals surface area contributed by atoms with E-state index in [4.69, 9.17) is 4.74 Å². The quantitative estimate of drug-likeness (QED) is 0.691. The molecule has 1 aliphatic rings. The molecule has 3 aromatic carbocycles. The van der Waals surface area contributed by atoms with E-state index in [2.05, 4.69) is 48.5 Å². The highest BCUT2D eigenvalue weighted by Gasteiger charge is 2.53. The van der Waals surface area contributed by atoms with Crippen LogP contribution in [0, 0.1) is 0 Å². The van der Waals surface area contributed by atoms with E-state index in [0.29, 0.717) is 0 Å². The number of ether oxygens (including phenoxy) is 1. The summed E-state index contributed by atoms with van der Waals surface area (Å²) < 4.78 is 5.23. The molecule has 0 amide bonds. The van der Waals surface area contributed by atoms with Gasteiger partial charge >= 0.3 is 0 Å². The lowest BCUT2D eigenvalue weighted by molar-refractivity contribution is 0.00307. The normalized spacial score (nSPS) is 22.0. The molecule has 126 valence electrons. The van der Waals surface area contributed by atoms with Crippen LogP contribution in [0.2, 0.25) is 0 Å². The summed E-state index contributed by atoms with van der Waals surface area (Å²) in [5, 5.41) is 12.0. The summed E-state index contributed by atoms with van der Waals surface area (Å²) >= 11 is 0. The molecule has 3 aromatic rings. The van der Waals surface area contributed by atoms with Crippen LogP contribution in [0.4, 0.5) is 0 Å². The first-order valence-corrected chi connectivity index (χ1v) is 8.50. The van der Waals surface area contributed by atoms with Gasteiger partial charge in [-0.15, -0.1) is 0 Å². The number of hydrogen-bond donors (Lipinski definition) is 1. The zero-order chi connectivity index (χ0) is 17.2. The molecule has 3 nitrogen and oxygen atoms in total. The molecule has 25 heavy (non-hydrogen) atoms. The van der Waals surface area contributed by atoms with E-state index >= 15 is 0 Å². The number of benzene rings is 3. The second-order valence-corrected chi connectivity index (χ2v) is 6.39. The van der Waals surface area contributed by atoms with Crippen molar-refractivity contribution in [1.29, 1.82) is 0 Å². The van der Waals surface area contributed by atoms with Crippen LogP contribution < -0.4 is 4.74 Å². The van der Waals surface area contributed by atoms with Gasteiger partial charge in [-0.2, -0.15) is 5.06 Å². The fourth-order valence-electron chi connectivity index (χ4n) is 3.63. The van der Waals surface area contributed by atoms with E-state index in [1.54, 1.807) is 7.11 Å². The minimum Gasteiger partial charge on any atom is -0.497 e. The van der Waals surface area contributed by atoms with Gasteiger partial charge < -0.3 is 9.94 Å². The van der Waals surface area contributed by atoms with Crippen molar-refractivity contribution in [2.24, 2.45) is 0 Å². The number of hydroxylamine groups is 2. The Labute approximate surface area is 148 Å². The molecule has 3 unspecified atom stereocenters. The number of rotatable bonds is 5. The molecular formula is C22H21NO2. The fourth-order valence-corrected chi connectivity index (χ4v) is 3.63. The van der Waals surface area contributed by atoms with E-state index in [-0.39, 0.29) is 18.0 Å². The SMILES string of the molecule is COc1ccc(C2C(C(c3ccccc3)c3ccccc3)N2O)cc1. The second kappa shape index (κ2) is 6.71. The molecule has 1 saturated heterocycles. The zero-order valence-electron chi connectivity index (χ0n) is 14.1. The predicted molar refractivity (Wildman–Crippen MR) is 97.9 cm³/mol. The van der Waals surface area contributed by atoms with Gasteiger partial charge in [0, 0.05) is 5.92 Å². The van der Waals surface area contributed by atoms with Gasteiger partial charge in [-0.05, 0) is 28.8 Å². The standard InChI is InChI=1S/C22H21NO2/c1-25-19-14-12-18(13-15-19)21-22(23(21)24)20(16-8-4-2-5-9-16)17-10-6-3-7-11-17/h2-15,20-22,24H,1H3. The maximum absolute atomic E-state index is 10.6. The van der Waals surface area contributed by atoms with Crippen molar-refractivity contribution in [3.05, 3.63) is 102 Å². The maximum Gasteiger partial charge on any atom is 0.118 e. The Morgan fingerprint density at radius 3 is 1.80 bits per heavy atom. The van der Waals surface area contributed by atoms with Crippen molar-refractivity contribution < 1.29 is 9.94 Å². The van der Waals surface area contributed by atoms with Gasteiger partial charge in [-0.25, -0.2) is 0 Å². The molecular weight excluding hydrogens is 310 g/mol. The van der Waals surface area contributed by atoms with E-state index < -0.39 is 0 Å². The largest absolute Gasteiger partial charge is 0.497 e. The van der Waals surface area contributed by atoms with Crippen LogP contribution in [0.15, 0.2) is 84.9 Å². The molecule has 0 bridgehead atoms. The van der Waals surface area contributed by atoms with Crippen LogP contribution in [0.1, 0.15) is 28.7 Å². The molecule has 1 aliphatic heterocycles. The maximum atomic E-state index is 10.6. The molecule has 1 heterocycles. The van der Waals surface area contributed by atoms with Gasteiger partial charge in [-0.3, -0.25) is 0 Å². The van der Waals surface area contributed by atoms with Crippen LogP contribution in [0.3, 0.4) is 0 Å². The predicted octanol–water partition coefficient (Wildman–Crippen LogP) is 4.64. The van der Waals surface area contributed by atoms with Crippen LogP contribution >= 0.6 is 0 Å². The molecule has 0 aromatic heterocycles. The third-order valence-electron chi connectivity index (χ3n) is 4.94. The summed E-state index contributed by atoms with van der Waals surface area (Å²) in [4.78, 5) is 0. The Morgan fingerprint density at radius 1 is 0.800 bits per heavy atom. The molecule has 1 N–H and O–H groups in total. The van der Waals surface area contributed by atoms with E-state index in [9.17, 15) is 5.21 Å². The van der Waals surface area contributed by atoms with Crippen molar-refractivity contribution in [1.82, 2.24) is 5.06 Å². The highest BCUT2D eigenvalue weighted by molar-refractivity contribution is 5.41. The van der Waals surface area contributed by atoms with Crippen molar-refractivity contribution >= 4 is 0 Å². The van der Waals surface area contributed by atoms with E-state index in [0.717, 1.165) is 11.3 Å². The Hall–Kier alpha value is -2.62. The summed E-state index contributed by atoms with van der Waals surface area (Å²) in [7, 11) is 1.66. The fraction of sp³-hybridized carbons (Fsp3) is 0.182. The summed E-state index contributed by atoms with van der Waals surface area (Å²) in [5.74, 6) is 0.951. The Bertz CT molecular complexity index is 778. The highest BCUT2D eigenvalue weighted by Crippen LogP contribution is 2.51. The molecule has 0 radical (unpaired) electrons. The van der Waals surface area contributed by atoms with Crippen LogP contribution in [-0.2, 0) is 0 Å². The minimum atomic E-state index is -0.00341. The Morgan fingerprint density at radius 2 is 1.32 bits per heavy atom. The highest BCUT2D eigenvalue weighted by atomic mass is 16.5. The molecule has 0 spiro atoms. The van der Waals surface area contributed by atoms with E-state index in [1.165, 1.54) is 16.2 Å². The van der Waals surface area contributed by atoms with Gasteiger partial charge in [0.15, 0.2) is 0 Å². The molecule has 0 saturated carbocycles. The van der Waals surface area contributed by atoms with Gasteiger partial charge in [0.05, 0.1) is 19.2 Å². The number of hydrogen-bond acceptors (Lipinski definition) is 3. The average Bonchev–Trinajstić information content (AvgIpc) is 3.34. The van der Waals surface area contributed by atoms with Crippen molar-refractivity contribution in [3.63, 3.8) is 0 Å². The van der Waals surface area contributed by atoms with Crippen molar-refractivity contribution in [3.8, 4) is 5.75 Å². The third-order valence-corrected chi connectivity index (χ3v) is 4.94. The molecule has 3 heteroatoms. The molecule has 0 aliphatic carbocycles. The minimum absolute atomic E-state index is 0.00341. The second-order valence-electron chi connectivity index (χ2n) is 6.39. The first-order valence-electron chi connectivity index (χ1n) is 8.50. The van der Waals surface area contributed by atoms with Crippen molar-refractivity contribution in [2.45, 2.75) is 18.0 Å². The van der Waals surface area contributed by atoms with Crippen LogP contribution in [0.25, 0.3) is 0 Å². The molecule has 1 fully saturated rings. The first-order chi connectivity index (χ1) is 12.3. The number of methoxy groups -OCH3 is 1. The van der Waals surface area contributed by atoms with Gasteiger partial charge in [-0.1, -0.05) is 72.8 Å². The van der Waals surface area contributed by atoms with Gasteiger partial charge in [0.2, 0.25) is 0 Å². The van der Waals surface area contributed by atoms with Gasteiger partial charge in [0.1, 0.15) is 5.75 Å². The number of nitrogens with zero attached hydrogens (tertiary/aromatic N) is 1. The van der Waals surface area contributed by atoms with Crippen LogP contribution in [0.5, 0.6) is 5.75 Å². The van der Waals surface area contributed by atoms with E-state index in [1.807, 2.05) is 36.4 Å². The lowest BCUT2D eigenvalue weighted by Gasteiger charge is -2.17. The third kappa shape index (κ3) is 3.04. The molecule has 4 rings (SSSR count). The van der Waals surface area contributed by atoms with Gasteiger partial charge in [0.25, 0.3) is 0 Å². The van der Waals surface area contributed by atoms with Crippen LogP contribution in [-0.4, -0.2) is 23.4 Å². The Balaban J connectivity index is 1.68.